The first-order chi connectivity index (χ1) is 8.69. The van der Waals surface area contributed by atoms with Crippen LogP contribution in [-0.2, 0) is 6.54 Å². The van der Waals surface area contributed by atoms with Gasteiger partial charge in [0.2, 0.25) is 0 Å². The summed E-state index contributed by atoms with van der Waals surface area (Å²) in [5.74, 6) is 2.52. The summed E-state index contributed by atoms with van der Waals surface area (Å²) in [5, 5.41) is 3.29. The van der Waals surface area contributed by atoms with E-state index in [1.54, 1.807) is 0 Å². The Kier molecular flexibility index (Phi) is 4.53. The molecule has 100 valence electrons. The molecule has 1 aliphatic rings. The number of hydrogen-bond acceptors (Lipinski definition) is 4. The molecule has 0 amide bonds. The van der Waals surface area contributed by atoms with Crippen LogP contribution in [-0.4, -0.2) is 29.6 Å². The van der Waals surface area contributed by atoms with Crippen molar-refractivity contribution in [1.29, 1.82) is 0 Å². The number of aromatic nitrogens is 2. The van der Waals surface area contributed by atoms with Gasteiger partial charge in [-0.3, -0.25) is 4.98 Å². The third-order valence-electron chi connectivity index (χ3n) is 3.42. The molecule has 0 aromatic carbocycles. The van der Waals surface area contributed by atoms with Gasteiger partial charge in [-0.2, -0.15) is 0 Å². The van der Waals surface area contributed by atoms with Crippen molar-refractivity contribution in [2.24, 2.45) is 11.8 Å². The van der Waals surface area contributed by atoms with Crippen molar-refractivity contribution in [2.45, 2.75) is 33.7 Å². The molecule has 0 bridgehead atoms. The van der Waals surface area contributed by atoms with E-state index < -0.39 is 0 Å². The van der Waals surface area contributed by atoms with E-state index in [1.807, 2.05) is 12.4 Å². The van der Waals surface area contributed by atoms with Crippen LogP contribution < -0.4 is 10.2 Å². The zero-order valence-electron chi connectivity index (χ0n) is 11.7. The first-order valence-corrected chi connectivity index (χ1v) is 6.95. The number of anilines is 1. The van der Waals surface area contributed by atoms with E-state index in [0.717, 1.165) is 49.5 Å². The molecule has 1 fully saturated rings. The quantitative estimate of drug-likeness (QED) is 0.885. The van der Waals surface area contributed by atoms with E-state index in [2.05, 4.69) is 36.0 Å². The molecule has 4 nitrogen and oxygen atoms in total. The molecule has 0 radical (unpaired) electrons. The molecule has 1 aliphatic heterocycles. The van der Waals surface area contributed by atoms with Gasteiger partial charge in [0.05, 0.1) is 11.9 Å². The summed E-state index contributed by atoms with van der Waals surface area (Å²) in [6, 6.07) is 0. The minimum absolute atomic E-state index is 0.743. The van der Waals surface area contributed by atoms with Gasteiger partial charge < -0.3 is 10.2 Å². The second-order valence-electron chi connectivity index (χ2n) is 5.50. The van der Waals surface area contributed by atoms with Crippen LogP contribution in [0.1, 0.15) is 32.9 Å². The van der Waals surface area contributed by atoms with E-state index in [0.29, 0.717) is 0 Å². The average Bonchev–Trinajstić information content (AvgIpc) is 2.35. The third kappa shape index (κ3) is 3.42. The second kappa shape index (κ2) is 6.14. The van der Waals surface area contributed by atoms with Crippen LogP contribution in [0.25, 0.3) is 0 Å². The molecule has 0 saturated carbocycles. The number of rotatable bonds is 4. The molecule has 1 aromatic heterocycles. The molecule has 1 aromatic rings. The normalized spacial score (nSPS) is 24.3. The van der Waals surface area contributed by atoms with Crippen molar-refractivity contribution < 1.29 is 0 Å². The highest BCUT2D eigenvalue weighted by molar-refractivity contribution is 5.37. The molecule has 2 unspecified atom stereocenters. The summed E-state index contributed by atoms with van der Waals surface area (Å²) in [4.78, 5) is 11.4. The zero-order chi connectivity index (χ0) is 13.0. The molecule has 1 saturated heterocycles. The third-order valence-corrected chi connectivity index (χ3v) is 3.42. The van der Waals surface area contributed by atoms with Gasteiger partial charge >= 0.3 is 0 Å². The Balaban J connectivity index is 2.07. The SMILES string of the molecule is CCNCc1cncc(N2CC(C)CC(C)C2)n1. The van der Waals surface area contributed by atoms with Crippen LogP contribution in [0.2, 0.25) is 0 Å². The van der Waals surface area contributed by atoms with Crippen LogP contribution in [0.5, 0.6) is 0 Å². The van der Waals surface area contributed by atoms with Gasteiger partial charge in [-0.05, 0) is 24.8 Å². The number of hydrogen-bond donors (Lipinski definition) is 1. The second-order valence-corrected chi connectivity index (χ2v) is 5.50. The standard InChI is InChI=1S/C14H24N4/c1-4-15-6-13-7-16-8-14(17-13)18-9-11(2)5-12(3)10-18/h7-8,11-12,15H,4-6,9-10H2,1-3H3. The van der Waals surface area contributed by atoms with Crippen LogP contribution in [0.4, 0.5) is 5.82 Å². The Bertz CT molecular complexity index is 370. The van der Waals surface area contributed by atoms with E-state index >= 15 is 0 Å². The molecule has 2 heterocycles. The lowest BCUT2D eigenvalue weighted by molar-refractivity contribution is 0.355. The molecular formula is C14H24N4. The monoisotopic (exact) mass is 248 g/mol. The van der Waals surface area contributed by atoms with Crippen molar-refractivity contribution in [3.8, 4) is 0 Å². The highest BCUT2D eigenvalue weighted by Crippen LogP contribution is 2.24. The fraction of sp³-hybridized carbons (Fsp3) is 0.714. The first-order valence-electron chi connectivity index (χ1n) is 6.95. The fourth-order valence-corrected chi connectivity index (χ4v) is 2.74. The minimum Gasteiger partial charge on any atom is -0.355 e. The molecular weight excluding hydrogens is 224 g/mol. The largest absolute Gasteiger partial charge is 0.355 e. The predicted octanol–water partition coefficient (Wildman–Crippen LogP) is 2.07. The topological polar surface area (TPSA) is 41.1 Å². The van der Waals surface area contributed by atoms with Crippen molar-refractivity contribution in [3.05, 3.63) is 18.1 Å². The summed E-state index contributed by atoms with van der Waals surface area (Å²) < 4.78 is 0. The lowest BCUT2D eigenvalue weighted by Crippen LogP contribution is -2.39. The van der Waals surface area contributed by atoms with Crippen molar-refractivity contribution in [2.75, 3.05) is 24.5 Å². The Morgan fingerprint density at radius 2 is 2.00 bits per heavy atom. The lowest BCUT2D eigenvalue weighted by atomic mass is 9.92. The Morgan fingerprint density at radius 1 is 1.28 bits per heavy atom. The first kappa shape index (κ1) is 13.3. The van der Waals surface area contributed by atoms with Gasteiger partial charge in [-0.25, -0.2) is 4.98 Å². The Labute approximate surface area is 110 Å². The van der Waals surface area contributed by atoms with Crippen molar-refractivity contribution in [3.63, 3.8) is 0 Å². The average molecular weight is 248 g/mol. The zero-order valence-corrected chi connectivity index (χ0v) is 11.7. The van der Waals surface area contributed by atoms with Crippen LogP contribution >= 0.6 is 0 Å². The Hall–Kier alpha value is -1.16. The molecule has 2 atom stereocenters. The fourth-order valence-electron chi connectivity index (χ4n) is 2.74. The van der Waals surface area contributed by atoms with Crippen LogP contribution in [0, 0.1) is 11.8 Å². The molecule has 1 N–H and O–H groups in total. The lowest BCUT2D eigenvalue weighted by Gasteiger charge is -2.35. The summed E-state index contributed by atoms with van der Waals surface area (Å²) in [6.07, 6.45) is 5.06. The summed E-state index contributed by atoms with van der Waals surface area (Å²) >= 11 is 0. The molecule has 0 spiro atoms. The van der Waals surface area contributed by atoms with Crippen LogP contribution in [0.3, 0.4) is 0 Å². The van der Waals surface area contributed by atoms with Gasteiger partial charge in [0.15, 0.2) is 0 Å². The number of piperidine rings is 1. The van der Waals surface area contributed by atoms with E-state index in [4.69, 9.17) is 4.98 Å². The summed E-state index contributed by atoms with van der Waals surface area (Å²) in [5.41, 5.74) is 1.03. The van der Waals surface area contributed by atoms with Crippen LogP contribution in [0.15, 0.2) is 12.4 Å². The summed E-state index contributed by atoms with van der Waals surface area (Å²) in [7, 11) is 0. The van der Waals surface area contributed by atoms with E-state index in [9.17, 15) is 0 Å². The van der Waals surface area contributed by atoms with Gasteiger partial charge in [0, 0.05) is 25.8 Å². The van der Waals surface area contributed by atoms with Gasteiger partial charge in [-0.15, -0.1) is 0 Å². The van der Waals surface area contributed by atoms with Gasteiger partial charge in [0.25, 0.3) is 0 Å². The maximum Gasteiger partial charge on any atom is 0.147 e. The highest BCUT2D eigenvalue weighted by atomic mass is 15.2. The van der Waals surface area contributed by atoms with Crippen molar-refractivity contribution >= 4 is 5.82 Å². The number of nitrogens with zero attached hydrogens (tertiary/aromatic N) is 3. The van der Waals surface area contributed by atoms with E-state index in [1.165, 1.54) is 6.42 Å². The summed E-state index contributed by atoms with van der Waals surface area (Å²) in [6.45, 7) is 10.7. The molecule has 4 heteroatoms. The maximum atomic E-state index is 4.70. The molecule has 2 rings (SSSR count). The minimum atomic E-state index is 0.743. The van der Waals surface area contributed by atoms with E-state index in [-0.39, 0.29) is 0 Å². The maximum absolute atomic E-state index is 4.70. The van der Waals surface area contributed by atoms with Gasteiger partial charge in [0.1, 0.15) is 5.82 Å². The molecule has 0 aliphatic carbocycles. The smallest absolute Gasteiger partial charge is 0.147 e. The predicted molar refractivity (Wildman–Crippen MR) is 74.6 cm³/mol. The number of nitrogens with one attached hydrogen (secondary N) is 1. The highest BCUT2D eigenvalue weighted by Gasteiger charge is 2.22. The van der Waals surface area contributed by atoms with Gasteiger partial charge in [-0.1, -0.05) is 20.8 Å². The Morgan fingerprint density at radius 3 is 2.67 bits per heavy atom. The van der Waals surface area contributed by atoms with Crippen molar-refractivity contribution in [1.82, 2.24) is 15.3 Å². The molecule has 18 heavy (non-hydrogen) atoms.